The number of nitrogens with zero attached hydrogens (tertiary/aromatic N) is 2. The number of amides is 2. The van der Waals surface area contributed by atoms with Gasteiger partial charge in [-0.05, 0) is 24.8 Å². The molecule has 0 fully saturated rings. The molecule has 1 heterocycles. The molecule has 2 amide bonds. The van der Waals surface area contributed by atoms with Crippen molar-refractivity contribution in [1.82, 2.24) is 9.80 Å². The Morgan fingerprint density at radius 1 is 1.24 bits per heavy atom. The van der Waals surface area contributed by atoms with Gasteiger partial charge in [-0.1, -0.05) is 30.3 Å². The fourth-order valence-corrected chi connectivity index (χ4v) is 3.09. The molecule has 1 aromatic carbocycles. The van der Waals surface area contributed by atoms with E-state index >= 15 is 0 Å². The van der Waals surface area contributed by atoms with Crippen molar-refractivity contribution in [1.29, 1.82) is 0 Å². The second-order valence-corrected chi connectivity index (χ2v) is 5.58. The summed E-state index contributed by atoms with van der Waals surface area (Å²) < 4.78 is 0. The lowest BCUT2D eigenvalue weighted by Crippen LogP contribution is -2.43. The van der Waals surface area contributed by atoms with Gasteiger partial charge in [0.2, 0.25) is 11.8 Å². The maximum absolute atomic E-state index is 12.3. The van der Waals surface area contributed by atoms with Crippen molar-refractivity contribution >= 4 is 29.3 Å². The molecule has 0 unspecified atom stereocenters. The van der Waals surface area contributed by atoms with Crippen molar-refractivity contribution in [3.05, 3.63) is 41.3 Å². The summed E-state index contributed by atoms with van der Waals surface area (Å²) in [4.78, 5) is 27.9. The molecule has 0 aromatic heterocycles. The van der Waals surface area contributed by atoms with E-state index in [1.54, 1.807) is 9.80 Å². The predicted octanol–water partition coefficient (Wildman–Crippen LogP) is 2.43. The van der Waals surface area contributed by atoms with Crippen molar-refractivity contribution in [2.24, 2.45) is 0 Å². The molecular formula is C16H20N2O2S. The van der Waals surface area contributed by atoms with Gasteiger partial charge in [0.1, 0.15) is 6.54 Å². The van der Waals surface area contributed by atoms with Crippen LogP contribution in [0, 0.1) is 0 Å². The minimum atomic E-state index is -0.0122. The quantitative estimate of drug-likeness (QED) is 0.839. The van der Waals surface area contributed by atoms with Crippen molar-refractivity contribution < 1.29 is 9.59 Å². The van der Waals surface area contributed by atoms with Crippen LogP contribution in [0.5, 0.6) is 0 Å². The van der Waals surface area contributed by atoms with Gasteiger partial charge < -0.3 is 9.80 Å². The maximum atomic E-state index is 12.3. The SMILES string of the molecule is CCN(CC)C(=O)CN1C(=O)CSC=C1c1ccccc1. The maximum Gasteiger partial charge on any atom is 0.242 e. The summed E-state index contributed by atoms with van der Waals surface area (Å²) in [5.74, 6) is 0.367. The number of hydrogen-bond donors (Lipinski definition) is 0. The highest BCUT2D eigenvalue weighted by atomic mass is 32.2. The third-order valence-corrected chi connectivity index (χ3v) is 4.28. The number of likely N-dealkylation sites (N-methyl/N-ethyl adjacent to an activating group) is 1. The number of hydrogen-bond acceptors (Lipinski definition) is 3. The Labute approximate surface area is 129 Å². The van der Waals surface area contributed by atoms with Crippen molar-refractivity contribution in [2.75, 3.05) is 25.4 Å². The third-order valence-electron chi connectivity index (χ3n) is 3.47. The van der Waals surface area contributed by atoms with Crippen LogP contribution in [-0.2, 0) is 9.59 Å². The molecule has 5 heteroatoms. The average molecular weight is 304 g/mol. The largest absolute Gasteiger partial charge is 0.342 e. The minimum absolute atomic E-state index is 0.0120. The van der Waals surface area contributed by atoms with Crippen LogP contribution in [0.3, 0.4) is 0 Å². The van der Waals surface area contributed by atoms with Gasteiger partial charge >= 0.3 is 0 Å². The second-order valence-electron chi connectivity index (χ2n) is 4.73. The standard InChI is InChI=1S/C16H20N2O2S/c1-3-17(4-2)15(19)10-18-14(11-21-12-16(18)20)13-8-6-5-7-9-13/h5-9,11H,3-4,10,12H2,1-2H3. The minimum Gasteiger partial charge on any atom is -0.342 e. The fraction of sp³-hybridized carbons (Fsp3) is 0.375. The van der Waals surface area contributed by atoms with Crippen molar-refractivity contribution in [2.45, 2.75) is 13.8 Å². The Morgan fingerprint density at radius 3 is 2.52 bits per heavy atom. The van der Waals surface area contributed by atoms with Crippen LogP contribution in [0.25, 0.3) is 5.70 Å². The molecule has 0 aliphatic carbocycles. The summed E-state index contributed by atoms with van der Waals surface area (Å²) in [7, 11) is 0. The monoisotopic (exact) mass is 304 g/mol. The molecule has 0 bridgehead atoms. The van der Waals surface area contributed by atoms with Crippen molar-refractivity contribution in [3.63, 3.8) is 0 Å². The van der Waals surface area contributed by atoms with Crippen LogP contribution in [0.1, 0.15) is 19.4 Å². The topological polar surface area (TPSA) is 40.6 Å². The molecular weight excluding hydrogens is 284 g/mol. The number of benzene rings is 1. The van der Waals surface area contributed by atoms with E-state index in [1.165, 1.54) is 11.8 Å². The molecule has 0 saturated heterocycles. The highest BCUT2D eigenvalue weighted by molar-refractivity contribution is 8.03. The molecule has 4 nitrogen and oxygen atoms in total. The van der Waals surface area contributed by atoms with E-state index in [-0.39, 0.29) is 18.4 Å². The van der Waals surface area contributed by atoms with Gasteiger partial charge in [-0.2, -0.15) is 0 Å². The zero-order chi connectivity index (χ0) is 15.2. The van der Waals surface area contributed by atoms with Gasteiger partial charge in [0, 0.05) is 13.1 Å². The van der Waals surface area contributed by atoms with Crippen molar-refractivity contribution in [3.8, 4) is 0 Å². The smallest absolute Gasteiger partial charge is 0.242 e. The van der Waals surface area contributed by atoms with E-state index in [4.69, 9.17) is 0 Å². The Kier molecular flexibility index (Phi) is 5.44. The van der Waals surface area contributed by atoms with Crippen LogP contribution in [0.2, 0.25) is 0 Å². The highest BCUT2D eigenvalue weighted by Gasteiger charge is 2.26. The molecule has 0 radical (unpaired) electrons. The van der Waals surface area contributed by atoms with E-state index in [1.807, 2.05) is 49.6 Å². The van der Waals surface area contributed by atoms with E-state index < -0.39 is 0 Å². The van der Waals surface area contributed by atoms with Crippen LogP contribution in [-0.4, -0.2) is 47.0 Å². The summed E-state index contributed by atoms with van der Waals surface area (Å²) in [5, 5.41) is 1.96. The number of carbonyl (C=O) groups excluding carboxylic acids is 2. The van der Waals surface area contributed by atoms with Gasteiger partial charge in [-0.3, -0.25) is 9.59 Å². The molecule has 0 N–H and O–H groups in total. The molecule has 0 spiro atoms. The summed E-state index contributed by atoms with van der Waals surface area (Å²) in [6.07, 6.45) is 0. The lowest BCUT2D eigenvalue weighted by molar-refractivity contribution is -0.136. The Hall–Kier alpha value is -1.75. The van der Waals surface area contributed by atoms with Gasteiger partial charge in [-0.25, -0.2) is 0 Å². The molecule has 0 saturated carbocycles. The third kappa shape index (κ3) is 3.67. The zero-order valence-corrected chi connectivity index (χ0v) is 13.2. The summed E-state index contributed by atoms with van der Waals surface area (Å²) >= 11 is 1.48. The average Bonchev–Trinajstić information content (AvgIpc) is 2.51. The molecule has 1 aromatic rings. The molecule has 21 heavy (non-hydrogen) atoms. The van der Waals surface area contributed by atoms with Crippen LogP contribution in [0.15, 0.2) is 35.7 Å². The first kappa shape index (κ1) is 15.6. The molecule has 112 valence electrons. The first-order chi connectivity index (χ1) is 10.2. The predicted molar refractivity (Wildman–Crippen MR) is 86.5 cm³/mol. The highest BCUT2D eigenvalue weighted by Crippen LogP contribution is 2.27. The summed E-state index contributed by atoms with van der Waals surface area (Å²) in [6.45, 7) is 5.33. The zero-order valence-electron chi connectivity index (χ0n) is 12.4. The van der Waals surface area contributed by atoms with Gasteiger partial charge in [0.05, 0.1) is 11.4 Å². The number of thioether (sulfide) groups is 1. The molecule has 1 aliphatic heterocycles. The molecule has 2 rings (SSSR count). The van der Waals surface area contributed by atoms with E-state index in [2.05, 4.69) is 0 Å². The lowest BCUT2D eigenvalue weighted by Gasteiger charge is -2.30. The first-order valence-corrected chi connectivity index (χ1v) is 8.17. The number of rotatable bonds is 5. The Balaban J connectivity index is 2.22. The van der Waals surface area contributed by atoms with E-state index in [0.29, 0.717) is 18.8 Å². The summed E-state index contributed by atoms with van der Waals surface area (Å²) in [6, 6.07) is 9.72. The van der Waals surface area contributed by atoms with Gasteiger partial charge in [-0.15, -0.1) is 11.8 Å². The van der Waals surface area contributed by atoms with Crippen LogP contribution >= 0.6 is 11.8 Å². The second kappa shape index (κ2) is 7.31. The van der Waals surface area contributed by atoms with Crippen LogP contribution in [0.4, 0.5) is 0 Å². The summed E-state index contributed by atoms with van der Waals surface area (Å²) in [5.41, 5.74) is 1.78. The van der Waals surface area contributed by atoms with Gasteiger partial charge in [0.15, 0.2) is 0 Å². The normalized spacial score (nSPS) is 14.9. The lowest BCUT2D eigenvalue weighted by atomic mass is 10.1. The van der Waals surface area contributed by atoms with E-state index in [0.717, 1.165) is 11.3 Å². The van der Waals surface area contributed by atoms with Crippen LogP contribution < -0.4 is 0 Å². The Bertz CT molecular complexity index is 538. The molecule has 1 aliphatic rings. The molecule has 0 atom stereocenters. The van der Waals surface area contributed by atoms with Gasteiger partial charge in [0.25, 0.3) is 0 Å². The van der Waals surface area contributed by atoms with E-state index in [9.17, 15) is 9.59 Å². The number of carbonyl (C=O) groups is 2. The first-order valence-electron chi connectivity index (χ1n) is 7.12. The Morgan fingerprint density at radius 2 is 1.90 bits per heavy atom. The fourth-order valence-electron chi connectivity index (χ4n) is 2.29.